The van der Waals surface area contributed by atoms with Gasteiger partial charge in [0.05, 0.1) is 16.7 Å². The van der Waals surface area contributed by atoms with Gasteiger partial charge in [-0.3, -0.25) is 14.4 Å². The van der Waals surface area contributed by atoms with Gasteiger partial charge < -0.3 is 5.32 Å². The van der Waals surface area contributed by atoms with Crippen LogP contribution in [-0.2, 0) is 11.3 Å². The first-order valence-corrected chi connectivity index (χ1v) is 9.70. The van der Waals surface area contributed by atoms with Crippen LogP contribution in [0.5, 0.6) is 0 Å². The SMILES string of the molecule is CC(=O)Nc1ccc(CN2C3CCC2CC(n2cc(Br)cn2)C3)cc1. The van der Waals surface area contributed by atoms with E-state index in [2.05, 4.69) is 54.3 Å². The lowest BCUT2D eigenvalue weighted by atomic mass is 9.96. The Labute approximate surface area is 156 Å². The largest absolute Gasteiger partial charge is 0.326 e. The van der Waals surface area contributed by atoms with E-state index in [9.17, 15) is 4.79 Å². The van der Waals surface area contributed by atoms with E-state index in [-0.39, 0.29) is 5.91 Å². The molecule has 25 heavy (non-hydrogen) atoms. The molecule has 6 heteroatoms. The Bertz CT molecular complexity index is 743. The zero-order valence-electron chi connectivity index (χ0n) is 14.4. The molecule has 2 unspecified atom stereocenters. The summed E-state index contributed by atoms with van der Waals surface area (Å²) in [4.78, 5) is 13.8. The molecule has 2 fully saturated rings. The minimum absolute atomic E-state index is 0.0295. The van der Waals surface area contributed by atoms with E-state index >= 15 is 0 Å². The summed E-state index contributed by atoms with van der Waals surface area (Å²) in [7, 11) is 0. The van der Waals surface area contributed by atoms with Crippen LogP contribution in [0.4, 0.5) is 5.69 Å². The molecule has 0 aliphatic carbocycles. The fourth-order valence-corrected chi connectivity index (χ4v) is 4.64. The van der Waals surface area contributed by atoms with Gasteiger partial charge in [-0.05, 0) is 59.3 Å². The van der Waals surface area contributed by atoms with Gasteiger partial charge >= 0.3 is 0 Å². The van der Waals surface area contributed by atoms with Gasteiger partial charge in [-0.1, -0.05) is 12.1 Å². The van der Waals surface area contributed by atoms with Crippen molar-refractivity contribution in [3.63, 3.8) is 0 Å². The highest BCUT2D eigenvalue weighted by Gasteiger charge is 2.41. The molecule has 2 aliphatic heterocycles. The lowest BCUT2D eigenvalue weighted by Gasteiger charge is -2.39. The van der Waals surface area contributed by atoms with Crippen molar-refractivity contribution in [1.29, 1.82) is 0 Å². The minimum Gasteiger partial charge on any atom is -0.326 e. The predicted octanol–water partition coefficient (Wildman–Crippen LogP) is 3.97. The molecule has 2 aliphatic rings. The smallest absolute Gasteiger partial charge is 0.221 e. The maximum absolute atomic E-state index is 11.1. The van der Waals surface area contributed by atoms with Crippen molar-refractivity contribution in [1.82, 2.24) is 14.7 Å². The van der Waals surface area contributed by atoms with E-state index < -0.39 is 0 Å². The highest BCUT2D eigenvalue weighted by molar-refractivity contribution is 9.10. The first-order chi connectivity index (χ1) is 12.1. The molecule has 1 amide bonds. The number of nitrogens with one attached hydrogen (secondary N) is 1. The summed E-state index contributed by atoms with van der Waals surface area (Å²) in [5, 5.41) is 7.32. The van der Waals surface area contributed by atoms with E-state index in [0.717, 1.165) is 16.7 Å². The molecule has 0 radical (unpaired) electrons. The Kier molecular flexibility index (Phi) is 4.65. The van der Waals surface area contributed by atoms with Gasteiger partial charge in [-0.15, -0.1) is 0 Å². The molecule has 2 aromatic rings. The fourth-order valence-electron chi connectivity index (χ4n) is 4.34. The number of piperidine rings is 1. The van der Waals surface area contributed by atoms with Crippen molar-refractivity contribution in [2.75, 3.05) is 5.32 Å². The van der Waals surface area contributed by atoms with Crippen molar-refractivity contribution >= 4 is 27.5 Å². The van der Waals surface area contributed by atoms with Crippen molar-refractivity contribution in [3.05, 3.63) is 46.7 Å². The van der Waals surface area contributed by atoms with E-state index in [0.29, 0.717) is 18.1 Å². The zero-order valence-corrected chi connectivity index (χ0v) is 15.9. The predicted molar refractivity (Wildman–Crippen MR) is 101 cm³/mol. The molecule has 3 heterocycles. The molecule has 2 bridgehead atoms. The van der Waals surface area contributed by atoms with Crippen molar-refractivity contribution in [3.8, 4) is 0 Å². The van der Waals surface area contributed by atoms with Crippen LogP contribution in [0.2, 0.25) is 0 Å². The van der Waals surface area contributed by atoms with Gasteiger partial charge in [-0.25, -0.2) is 0 Å². The molecule has 0 saturated carbocycles. The summed E-state index contributed by atoms with van der Waals surface area (Å²) in [5.74, 6) is -0.0295. The normalized spacial score (nSPS) is 25.9. The first-order valence-electron chi connectivity index (χ1n) is 8.90. The summed E-state index contributed by atoms with van der Waals surface area (Å²) in [5.41, 5.74) is 2.17. The quantitative estimate of drug-likeness (QED) is 0.841. The second-order valence-electron chi connectivity index (χ2n) is 7.20. The van der Waals surface area contributed by atoms with Gasteiger partial charge in [0.1, 0.15) is 0 Å². The van der Waals surface area contributed by atoms with Gasteiger partial charge in [0, 0.05) is 37.4 Å². The number of anilines is 1. The average Bonchev–Trinajstić information content (AvgIpc) is 3.09. The standard InChI is InChI=1S/C19H23BrN4O/c1-13(25)22-16-4-2-14(3-5-16)11-23-17-6-7-18(23)9-19(8-17)24-12-15(20)10-21-24/h2-5,10,12,17-19H,6-9,11H2,1H3,(H,22,25). The number of rotatable bonds is 4. The van der Waals surface area contributed by atoms with Crippen LogP contribution >= 0.6 is 15.9 Å². The van der Waals surface area contributed by atoms with Crippen LogP contribution in [0, 0.1) is 0 Å². The molecular weight excluding hydrogens is 380 g/mol. The number of halogens is 1. The third kappa shape index (κ3) is 3.65. The molecule has 132 valence electrons. The summed E-state index contributed by atoms with van der Waals surface area (Å²) >= 11 is 3.50. The van der Waals surface area contributed by atoms with Crippen molar-refractivity contribution in [2.24, 2.45) is 0 Å². The molecule has 1 aromatic heterocycles. The second-order valence-corrected chi connectivity index (χ2v) is 8.11. The molecular formula is C19H23BrN4O. The topological polar surface area (TPSA) is 50.2 Å². The number of amides is 1. The minimum atomic E-state index is -0.0295. The van der Waals surface area contributed by atoms with Crippen LogP contribution in [0.1, 0.15) is 44.2 Å². The van der Waals surface area contributed by atoms with E-state index in [4.69, 9.17) is 0 Å². The number of carbonyl (C=O) groups excluding carboxylic acids is 1. The molecule has 1 aromatic carbocycles. The highest BCUT2D eigenvalue weighted by Crippen LogP contribution is 2.41. The number of nitrogens with zero attached hydrogens (tertiary/aromatic N) is 3. The number of benzene rings is 1. The van der Waals surface area contributed by atoms with Gasteiger partial charge in [-0.2, -0.15) is 5.10 Å². The van der Waals surface area contributed by atoms with Gasteiger partial charge in [0.15, 0.2) is 0 Å². The molecule has 0 spiro atoms. The van der Waals surface area contributed by atoms with E-state index in [1.807, 2.05) is 18.3 Å². The van der Waals surface area contributed by atoms with Crippen LogP contribution < -0.4 is 5.32 Å². The summed E-state index contributed by atoms with van der Waals surface area (Å²) in [6.45, 7) is 2.53. The Morgan fingerprint density at radius 1 is 1.20 bits per heavy atom. The van der Waals surface area contributed by atoms with Crippen LogP contribution in [-0.4, -0.2) is 32.7 Å². The lowest BCUT2D eigenvalue weighted by Crippen LogP contribution is -2.42. The third-order valence-corrected chi connectivity index (χ3v) is 5.85. The van der Waals surface area contributed by atoms with Crippen LogP contribution in [0.3, 0.4) is 0 Å². The molecule has 1 N–H and O–H groups in total. The monoisotopic (exact) mass is 402 g/mol. The van der Waals surface area contributed by atoms with Gasteiger partial charge in [0.2, 0.25) is 5.91 Å². The molecule has 2 atom stereocenters. The number of fused-ring (bicyclic) bond motifs is 2. The number of hydrogen-bond acceptors (Lipinski definition) is 3. The second kappa shape index (κ2) is 6.92. The summed E-state index contributed by atoms with van der Waals surface area (Å²) in [6, 6.07) is 10.0. The maximum atomic E-state index is 11.1. The van der Waals surface area contributed by atoms with Crippen LogP contribution in [0.15, 0.2) is 41.1 Å². The third-order valence-electron chi connectivity index (χ3n) is 5.44. The van der Waals surface area contributed by atoms with Gasteiger partial charge in [0.25, 0.3) is 0 Å². The van der Waals surface area contributed by atoms with E-state index in [1.54, 1.807) is 0 Å². The summed E-state index contributed by atoms with van der Waals surface area (Å²) in [6.07, 6.45) is 8.90. The highest BCUT2D eigenvalue weighted by atomic mass is 79.9. The Morgan fingerprint density at radius 3 is 2.44 bits per heavy atom. The zero-order chi connectivity index (χ0) is 17.4. The molecule has 4 rings (SSSR count). The average molecular weight is 403 g/mol. The molecule has 5 nitrogen and oxygen atoms in total. The lowest BCUT2D eigenvalue weighted by molar-refractivity contribution is -0.114. The Hall–Kier alpha value is -1.66. The molecule has 2 saturated heterocycles. The van der Waals surface area contributed by atoms with E-state index in [1.165, 1.54) is 38.2 Å². The summed E-state index contributed by atoms with van der Waals surface area (Å²) < 4.78 is 3.19. The van der Waals surface area contributed by atoms with Crippen molar-refractivity contribution in [2.45, 2.75) is 57.3 Å². The Balaban J connectivity index is 1.42. The first kappa shape index (κ1) is 16.8. The maximum Gasteiger partial charge on any atom is 0.221 e. The van der Waals surface area contributed by atoms with Crippen LogP contribution in [0.25, 0.3) is 0 Å². The van der Waals surface area contributed by atoms with Crippen molar-refractivity contribution < 1.29 is 4.79 Å². The Morgan fingerprint density at radius 2 is 1.88 bits per heavy atom. The number of carbonyl (C=O) groups is 1. The fraction of sp³-hybridized carbons (Fsp3) is 0.474. The number of hydrogen-bond donors (Lipinski definition) is 1. The number of aromatic nitrogens is 2.